The van der Waals surface area contributed by atoms with Gasteiger partial charge < -0.3 is 19.3 Å². The first kappa shape index (κ1) is 15.0. The molecule has 1 N–H and O–H groups in total. The summed E-state index contributed by atoms with van der Waals surface area (Å²) in [4.78, 5) is 26.7. The third-order valence-electron chi connectivity index (χ3n) is 3.62. The predicted molar refractivity (Wildman–Crippen MR) is 73.2 cm³/mol. The maximum absolute atomic E-state index is 11.8. The topological polar surface area (TPSA) is 99.9 Å². The van der Waals surface area contributed by atoms with Crippen molar-refractivity contribution in [1.82, 2.24) is 9.55 Å². The number of ether oxygens (including phenoxy) is 3. The summed E-state index contributed by atoms with van der Waals surface area (Å²) in [5.74, 6) is -0.369. The van der Waals surface area contributed by atoms with Crippen LogP contribution in [0.15, 0.2) is 17.1 Å². The van der Waals surface area contributed by atoms with Gasteiger partial charge in [-0.1, -0.05) is 0 Å². The van der Waals surface area contributed by atoms with E-state index in [1.165, 1.54) is 12.3 Å². The molecule has 0 bridgehead atoms. The highest BCUT2D eigenvalue weighted by molar-refractivity contribution is 5.75. The summed E-state index contributed by atoms with van der Waals surface area (Å²) < 4.78 is 17.9. The molecule has 0 saturated carbocycles. The Morgan fingerprint density at radius 3 is 2.91 bits per heavy atom. The maximum atomic E-state index is 11.8. The smallest absolute Gasteiger partial charge is 0.311 e. The molecule has 0 aliphatic carbocycles. The molecule has 120 valence electrons. The van der Waals surface area contributed by atoms with Gasteiger partial charge in [0, 0.05) is 12.3 Å². The van der Waals surface area contributed by atoms with Gasteiger partial charge in [-0.25, -0.2) is 0 Å². The summed E-state index contributed by atoms with van der Waals surface area (Å²) in [7, 11) is 0. The third-order valence-corrected chi connectivity index (χ3v) is 3.62. The van der Waals surface area contributed by atoms with E-state index in [4.69, 9.17) is 14.2 Å². The average Bonchev–Trinajstić information content (AvgIpc) is 2.92. The fraction of sp³-hybridized carbons (Fsp3) is 0.643. The lowest BCUT2D eigenvalue weighted by atomic mass is 9.97. The fourth-order valence-corrected chi connectivity index (χ4v) is 2.38. The predicted octanol–water partition coefficient (Wildman–Crippen LogP) is -0.148. The van der Waals surface area contributed by atoms with Gasteiger partial charge in [0.25, 0.3) is 5.56 Å². The highest BCUT2D eigenvalue weighted by Crippen LogP contribution is 2.38. The number of esters is 1. The second-order valence-electron chi connectivity index (χ2n) is 6.44. The van der Waals surface area contributed by atoms with Crippen molar-refractivity contribution in [2.24, 2.45) is 5.41 Å². The first-order valence-electron chi connectivity index (χ1n) is 7.04. The molecule has 2 aliphatic rings. The van der Waals surface area contributed by atoms with E-state index in [1.54, 1.807) is 25.3 Å². The second-order valence-corrected chi connectivity index (χ2v) is 6.44. The van der Waals surface area contributed by atoms with E-state index in [2.05, 4.69) is 4.98 Å². The molecular formula is C14H18N2O6. The summed E-state index contributed by atoms with van der Waals surface area (Å²) in [5.41, 5.74) is -1.04. The maximum Gasteiger partial charge on any atom is 0.311 e. The van der Waals surface area contributed by atoms with E-state index in [1.807, 2.05) is 0 Å². The molecular weight excluding hydrogens is 292 g/mol. The lowest BCUT2D eigenvalue weighted by Crippen LogP contribution is -2.37. The highest BCUT2D eigenvalue weighted by atomic mass is 16.6. The molecule has 1 aromatic heterocycles. The second kappa shape index (κ2) is 5.06. The van der Waals surface area contributed by atoms with Crippen molar-refractivity contribution >= 4 is 5.97 Å². The van der Waals surface area contributed by atoms with Crippen LogP contribution in [-0.2, 0) is 14.3 Å². The van der Waals surface area contributed by atoms with Crippen LogP contribution in [0.5, 0.6) is 6.01 Å². The molecule has 0 spiro atoms. The molecule has 3 rings (SSSR count). The van der Waals surface area contributed by atoms with Crippen LogP contribution < -0.4 is 10.3 Å². The van der Waals surface area contributed by atoms with Crippen LogP contribution in [0.3, 0.4) is 0 Å². The minimum atomic E-state index is -0.977. The molecule has 4 atom stereocenters. The van der Waals surface area contributed by atoms with Crippen molar-refractivity contribution < 1.29 is 24.1 Å². The van der Waals surface area contributed by atoms with E-state index in [0.29, 0.717) is 0 Å². The number of fused-ring (bicyclic) bond motifs is 3. The summed E-state index contributed by atoms with van der Waals surface area (Å²) in [6.45, 7) is 5.18. The quantitative estimate of drug-likeness (QED) is 0.758. The van der Waals surface area contributed by atoms with Gasteiger partial charge in [0.05, 0.1) is 5.41 Å². The van der Waals surface area contributed by atoms with Crippen LogP contribution in [0, 0.1) is 5.41 Å². The molecule has 8 nitrogen and oxygen atoms in total. The van der Waals surface area contributed by atoms with Gasteiger partial charge in [-0.2, -0.15) is 4.98 Å². The molecule has 22 heavy (non-hydrogen) atoms. The minimum Gasteiger partial charge on any atom is -0.462 e. The van der Waals surface area contributed by atoms with Gasteiger partial charge in [0.2, 0.25) is 0 Å². The molecule has 3 heterocycles. The zero-order valence-electron chi connectivity index (χ0n) is 12.6. The minimum absolute atomic E-state index is 0.0589. The highest BCUT2D eigenvalue weighted by Gasteiger charge is 2.51. The van der Waals surface area contributed by atoms with Crippen LogP contribution in [0.25, 0.3) is 0 Å². The molecule has 1 fully saturated rings. The first-order valence-corrected chi connectivity index (χ1v) is 7.04. The van der Waals surface area contributed by atoms with E-state index in [0.717, 1.165) is 0 Å². The monoisotopic (exact) mass is 310 g/mol. The number of aliphatic hydroxyl groups is 1. The lowest BCUT2D eigenvalue weighted by molar-refractivity contribution is -0.159. The van der Waals surface area contributed by atoms with Gasteiger partial charge >= 0.3 is 12.0 Å². The first-order chi connectivity index (χ1) is 10.3. The summed E-state index contributed by atoms with van der Waals surface area (Å²) in [6, 6.07) is 1.41. The SMILES string of the molecule is CC(C)(C)C(=O)OCC1OC2C(Oc3nc(=O)ccn32)C1O. The molecule has 0 amide bonds. The Kier molecular flexibility index (Phi) is 3.45. The Labute approximate surface area is 126 Å². The van der Waals surface area contributed by atoms with Crippen LogP contribution in [-0.4, -0.2) is 45.5 Å². The van der Waals surface area contributed by atoms with Gasteiger partial charge in [0.1, 0.15) is 18.8 Å². The van der Waals surface area contributed by atoms with Crippen molar-refractivity contribution in [3.63, 3.8) is 0 Å². The molecule has 1 saturated heterocycles. The summed E-state index contributed by atoms with van der Waals surface area (Å²) in [6.07, 6.45) is -1.42. The summed E-state index contributed by atoms with van der Waals surface area (Å²) >= 11 is 0. The Bertz CT molecular complexity index is 649. The van der Waals surface area contributed by atoms with Gasteiger partial charge in [-0.3, -0.25) is 14.2 Å². The van der Waals surface area contributed by atoms with Gasteiger partial charge in [0.15, 0.2) is 12.3 Å². The number of carbonyl (C=O) groups excluding carboxylic acids is 1. The molecule has 8 heteroatoms. The van der Waals surface area contributed by atoms with Crippen LogP contribution in [0.1, 0.15) is 27.0 Å². The number of aromatic nitrogens is 2. The Hall–Kier alpha value is -1.93. The Balaban J connectivity index is 1.69. The standard InChI is InChI=1S/C14H18N2O6/c1-14(2,3)12(19)20-6-7-9(18)10-11(21-7)16-5-4-8(17)15-13(16)22-10/h4-5,7,9-11,18H,6H2,1-3H3. The van der Waals surface area contributed by atoms with Crippen molar-refractivity contribution in [3.8, 4) is 6.01 Å². The van der Waals surface area contributed by atoms with E-state index < -0.39 is 35.5 Å². The van der Waals surface area contributed by atoms with E-state index in [-0.39, 0.29) is 18.6 Å². The Morgan fingerprint density at radius 1 is 1.50 bits per heavy atom. The van der Waals surface area contributed by atoms with Crippen molar-refractivity contribution in [3.05, 3.63) is 22.6 Å². The normalized spacial score (nSPS) is 29.6. The fourth-order valence-electron chi connectivity index (χ4n) is 2.38. The number of hydrogen-bond acceptors (Lipinski definition) is 7. The van der Waals surface area contributed by atoms with Gasteiger partial charge in [-0.05, 0) is 20.8 Å². The molecule has 0 radical (unpaired) electrons. The van der Waals surface area contributed by atoms with Crippen LogP contribution in [0.4, 0.5) is 0 Å². The molecule has 2 aliphatic heterocycles. The summed E-state index contributed by atoms with van der Waals surface area (Å²) in [5, 5.41) is 10.3. The zero-order valence-corrected chi connectivity index (χ0v) is 12.6. The number of hydrogen-bond donors (Lipinski definition) is 1. The largest absolute Gasteiger partial charge is 0.462 e. The van der Waals surface area contributed by atoms with Gasteiger partial charge in [-0.15, -0.1) is 0 Å². The number of aliphatic hydroxyl groups excluding tert-OH is 1. The molecule has 1 aromatic rings. The van der Waals surface area contributed by atoms with Crippen molar-refractivity contribution in [1.29, 1.82) is 0 Å². The molecule has 0 aromatic carbocycles. The Morgan fingerprint density at radius 2 is 2.23 bits per heavy atom. The van der Waals surface area contributed by atoms with Crippen LogP contribution >= 0.6 is 0 Å². The van der Waals surface area contributed by atoms with E-state index >= 15 is 0 Å². The zero-order chi connectivity index (χ0) is 16.1. The lowest BCUT2D eigenvalue weighted by Gasteiger charge is -2.20. The van der Waals surface area contributed by atoms with Crippen molar-refractivity contribution in [2.45, 2.75) is 45.3 Å². The number of rotatable bonds is 2. The third kappa shape index (κ3) is 2.48. The number of nitrogens with zero attached hydrogens (tertiary/aromatic N) is 2. The average molecular weight is 310 g/mol. The van der Waals surface area contributed by atoms with Crippen LogP contribution in [0.2, 0.25) is 0 Å². The molecule has 4 unspecified atom stereocenters. The van der Waals surface area contributed by atoms with E-state index in [9.17, 15) is 14.7 Å². The number of carbonyl (C=O) groups is 1. The van der Waals surface area contributed by atoms with Crippen molar-refractivity contribution in [2.75, 3.05) is 6.61 Å².